The van der Waals surface area contributed by atoms with Crippen LogP contribution in [0.2, 0.25) is 0 Å². The van der Waals surface area contributed by atoms with Gasteiger partial charge < -0.3 is 13.9 Å². The van der Waals surface area contributed by atoms with Gasteiger partial charge in [-0.25, -0.2) is 0 Å². The van der Waals surface area contributed by atoms with Crippen molar-refractivity contribution < 1.29 is 31.9 Å². The number of halogens is 3. The minimum absolute atomic E-state index is 0.212. The van der Waals surface area contributed by atoms with Crippen LogP contribution >= 0.6 is 0 Å². The smallest absolute Gasteiger partial charge is 0.416 e. The van der Waals surface area contributed by atoms with Crippen molar-refractivity contribution in [3.8, 4) is 17.1 Å². The first kappa shape index (κ1) is 18.8. The summed E-state index contributed by atoms with van der Waals surface area (Å²) < 4.78 is 54.6. The zero-order valence-electron chi connectivity index (χ0n) is 14.7. The van der Waals surface area contributed by atoms with E-state index in [1.807, 2.05) is 6.07 Å². The molecule has 1 heterocycles. The van der Waals surface area contributed by atoms with E-state index >= 15 is 0 Å². The van der Waals surface area contributed by atoms with Crippen molar-refractivity contribution in [2.75, 3.05) is 14.2 Å². The molecule has 0 N–H and O–H groups in total. The van der Waals surface area contributed by atoms with Gasteiger partial charge in [0.05, 0.1) is 19.8 Å². The van der Waals surface area contributed by atoms with Gasteiger partial charge in [0.15, 0.2) is 11.3 Å². The predicted molar refractivity (Wildman–Crippen MR) is 93.5 cm³/mol. The van der Waals surface area contributed by atoms with E-state index in [2.05, 4.69) is 4.74 Å². The molecule has 0 saturated heterocycles. The van der Waals surface area contributed by atoms with Gasteiger partial charge >= 0.3 is 12.1 Å². The van der Waals surface area contributed by atoms with E-state index in [1.165, 1.54) is 20.3 Å². The van der Waals surface area contributed by atoms with E-state index in [9.17, 15) is 18.0 Å². The molecule has 4 nitrogen and oxygen atoms in total. The summed E-state index contributed by atoms with van der Waals surface area (Å²) in [4.78, 5) is 11.3. The van der Waals surface area contributed by atoms with Crippen LogP contribution in [0.5, 0.6) is 5.75 Å². The number of methoxy groups -OCH3 is 2. The Balaban J connectivity index is 2.00. The quantitative estimate of drug-likeness (QED) is 0.570. The van der Waals surface area contributed by atoms with Crippen molar-refractivity contribution in [1.29, 1.82) is 0 Å². The highest BCUT2D eigenvalue weighted by molar-refractivity contribution is 5.88. The van der Waals surface area contributed by atoms with Crippen molar-refractivity contribution in [1.82, 2.24) is 0 Å². The van der Waals surface area contributed by atoms with Crippen LogP contribution in [-0.2, 0) is 22.1 Å². The van der Waals surface area contributed by atoms with E-state index in [4.69, 9.17) is 9.15 Å². The van der Waals surface area contributed by atoms with Crippen molar-refractivity contribution in [2.24, 2.45) is 0 Å². The van der Waals surface area contributed by atoms with Crippen LogP contribution in [0, 0.1) is 0 Å². The number of carbonyl (C=O) groups excluding carboxylic acids is 1. The van der Waals surface area contributed by atoms with E-state index in [-0.39, 0.29) is 12.4 Å². The SMILES string of the molecule is COC(=O)CCc1cc(OC)c2oc(-c3cccc(C(F)(F)F)c3)cc2c1. The summed E-state index contributed by atoms with van der Waals surface area (Å²) in [6.45, 7) is 0. The summed E-state index contributed by atoms with van der Waals surface area (Å²) >= 11 is 0. The summed E-state index contributed by atoms with van der Waals surface area (Å²) in [5, 5.41) is 0.682. The molecule has 3 aromatic rings. The Morgan fingerprint density at radius 3 is 2.56 bits per heavy atom. The van der Waals surface area contributed by atoms with Crippen molar-refractivity contribution in [3.63, 3.8) is 0 Å². The first-order valence-electron chi connectivity index (χ1n) is 8.16. The fraction of sp³-hybridized carbons (Fsp3) is 0.250. The fourth-order valence-electron chi connectivity index (χ4n) is 2.82. The van der Waals surface area contributed by atoms with Crippen LogP contribution < -0.4 is 4.74 Å². The van der Waals surface area contributed by atoms with E-state index in [0.29, 0.717) is 34.5 Å². The molecule has 0 spiro atoms. The molecule has 27 heavy (non-hydrogen) atoms. The lowest BCUT2D eigenvalue weighted by molar-refractivity contribution is -0.140. The van der Waals surface area contributed by atoms with Gasteiger partial charge in [-0.1, -0.05) is 12.1 Å². The zero-order valence-corrected chi connectivity index (χ0v) is 14.7. The lowest BCUT2D eigenvalue weighted by Crippen LogP contribution is -2.04. The number of hydrogen-bond donors (Lipinski definition) is 0. The number of fused-ring (bicyclic) bond motifs is 1. The van der Waals surface area contributed by atoms with Gasteiger partial charge in [0, 0.05) is 17.4 Å². The fourth-order valence-corrected chi connectivity index (χ4v) is 2.82. The molecule has 1 aromatic heterocycles. The molecule has 0 radical (unpaired) electrons. The number of alkyl halides is 3. The number of ether oxygens (including phenoxy) is 2. The third-order valence-electron chi connectivity index (χ3n) is 4.18. The first-order valence-corrected chi connectivity index (χ1v) is 8.16. The number of hydrogen-bond acceptors (Lipinski definition) is 4. The molecule has 142 valence electrons. The second-order valence-electron chi connectivity index (χ2n) is 5.98. The van der Waals surface area contributed by atoms with Crippen LogP contribution in [0.1, 0.15) is 17.5 Å². The summed E-state index contributed by atoms with van der Waals surface area (Å²) in [7, 11) is 2.80. The summed E-state index contributed by atoms with van der Waals surface area (Å²) in [6, 6.07) is 10.2. The summed E-state index contributed by atoms with van der Waals surface area (Å²) in [5.41, 5.74) is 0.846. The molecular formula is C20H17F3O4. The molecule has 0 amide bonds. The van der Waals surface area contributed by atoms with Crippen LogP contribution in [0.25, 0.3) is 22.3 Å². The number of aryl methyl sites for hydroxylation is 1. The molecule has 3 rings (SSSR count). The van der Waals surface area contributed by atoms with Crippen molar-refractivity contribution >= 4 is 16.9 Å². The zero-order chi connectivity index (χ0) is 19.6. The topological polar surface area (TPSA) is 48.7 Å². The first-order chi connectivity index (χ1) is 12.8. The molecule has 0 bridgehead atoms. The minimum atomic E-state index is -4.43. The molecule has 0 unspecified atom stereocenters. The molecule has 0 saturated carbocycles. The summed E-state index contributed by atoms with van der Waals surface area (Å²) in [5.74, 6) is 0.427. The van der Waals surface area contributed by atoms with Crippen molar-refractivity contribution in [2.45, 2.75) is 19.0 Å². The maximum atomic E-state index is 13.0. The average Bonchev–Trinajstić information content (AvgIpc) is 3.09. The van der Waals surface area contributed by atoms with E-state index in [1.54, 1.807) is 18.2 Å². The Kier molecular flexibility index (Phi) is 5.12. The number of rotatable bonds is 5. The molecule has 0 aliphatic carbocycles. The average molecular weight is 378 g/mol. The third kappa shape index (κ3) is 4.07. The van der Waals surface area contributed by atoms with Gasteiger partial charge in [0.1, 0.15) is 5.76 Å². The Morgan fingerprint density at radius 1 is 1.11 bits per heavy atom. The highest BCUT2D eigenvalue weighted by Gasteiger charge is 2.30. The molecule has 0 aliphatic heterocycles. The summed E-state index contributed by atoms with van der Waals surface area (Å²) in [6.07, 6.45) is -3.77. The Labute approximate surface area is 153 Å². The van der Waals surface area contributed by atoms with Crippen molar-refractivity contribution in [3.05, 3.63) is 53.6 Å². The Morgan fingerprint density at radius 2 is 1.89 bits per heavy atom. The second-order valence-corrected chi connectivity index (χ2v) is 5.98. The molecule has 2 aromatic carbocycles. The maximum absolute atomic E-state index is 13.0. The normalized spacial score (nSPS) is 11.6. The third-order valence-corrected chi connectivity index (χ3v) is 4.18. The van der Waals surface area contributed by atoms with Gasteiger partial charge in [-0.2, -0.15) is 13.2 Å². The predicted octanol–water partition coefficient (Wildman–Crippen LogP) is 5.23. The van der Waals surface area contributed by atoms with Crippen LogP contribution in [0.4, 0.5) is 13.2 Å². The number of carbonyl (C=O) groups is 1. The van der Waals surface area contributed by atoms with Gasteiger partial charge in [0.25, 0.3) is 0 Å². The molecule has 0 fully saturated rings. The van der Waals surface area contributed by atoms with Crippen LogP contribution in [0.15, 0.2) is 46.9 Å². The maximum Gasteiger partial charge on any atom is 0.416 e. The monoisotopic (exact) mass is 378 g/mol. The highest BCUT2D eigenvalue weighted by atomic mass is 19.4. The lowest BCUT2D eigenvalue weighted by atomic mass is 10.1. The van der Waals surface area contributed by atoms with Gasteiger partial charge in [-0.3, -0.25) is 4.79 Å². The number of furan rings is 1. The van der Waals surface area contributed by atoms with Gasteiger partial charge in [-0.15, -0.1) is 0 Å². The minimum Gasteiger partial charge on any atom is -0.493 e. The number of benzene rings is 2. The van der Waals surface area contributed by atoms with E-state index < -0.39 is 11.7 Å². The standard InChI is InChI=1S/C20H17F3O4/c1-25-17-9-12(6-7-18(24)26-2)8-14-11-16(27-19(14)17)13-4-3-5-15(10-13)20(21,22)23/h3-5,8-11H,6-7H2,1-2H3. The molecular weight excluding hydrogens is 361 g/mol. The van der Waals surface area contributed by atoms with Gasteiger partial charge in [-0.05, 0) is 42.3 Å². The number of esters is 1. The van der Waals surface area contributed by atoms with Crippen LogP contribution in [0.3, 0.4) is 0 Å². The molecule has 7 heteroatoms. The molecule has 0 aliphatic rings. The van der Waals surface area contributed by atoms with Gasteiger partial charge in [0.2, 0.25) is 0 Å². The van der Waals surface area contributed by atoms with Crippen LogP contribution in [-0.4, -0.2) is 20.2 Å². The second kappa shape index (κ2) is 7.34. The Bertz CT molecular complexity index is 973. The Hall–Kier alpha value is -2.96. The molecule has 0 atom stereocenters. The highest BCUT2D eigenvalue weighted by Crippen LogP contribution is 2.37. The lowest BCUT2D eigenvalue weighted by Gasteiger charge is -2.07. The largest absolute Gasteiger partial charge is 0.493 e. The van der Waals surface area contributed by atoms with E-state index in [0.717, 1.165) is 17.7 Å².